The van der Waals surface area contributed by atoms with E-state index < -0.39 is 0 Å². The summed E-state index contributed by atoms with van der Waals surface area (Å²) >= 11 is 0. The van der Waals surface area contributed by atoms with E-state index in [1.807, 2.05) is 52.2 Å². The van der Waals surface area contributed by atoms with Gasteiger partial charge in [-0.3, -0.25) is 0 Å². The molecule has 3 heterocycles. The Morgan fingerprint density at radius 3 is 2.89 bits per heavy atom. The van der Waals surface area contributed by atoms with Crippen molar-refractivity contribution in [3.63, 3.8) is 0 Å². The second kappa shape index (κ2) is 7.40. The summed E-state index contributed by atoms with van der Waals surface area (Å²) in [5, 5.41) is 12.7. The van der Waals surface area contributed by atoms with Gasteiger partial charge in [-0.25, -0.2) is 14.3 Å². The van der Waals surface area contributed by atoms with Gasteiger partial charge in [-0.1, -0.05) is 18.2 Å². The lowest BCUT2D eigenvalue weighted by molar-refractivity contribution is 0.454. The van der Waals surface area contributed by atoms with Crippen molar-refractivity contribution < 1.29 is 0 Å². The van der Waals surface area contributed by atoms with Crippen LogP contribution in [0.15, 0.2) is 73.3 Å². The molecule has 0 radical (unpaired) electrons. The highest BCUT2D eigenvalue weighted by atomic mass is 15.3. The number of hydrogen-bond acceptors (Lipinski definition) is 4. The van der Waals surface area contributed by atoms with Crippen LogP contribution in [0.1, 0.15) is 35.7 Å². The van der Waals surface area contributed by atoms with Gasteiger partial charge in [0.25, 0.3) is 0 Å². The van der Waals surface area contributed by atoms with Crippen molar-refractivity contribution in [1.29, 1.82) is 0 Å². The molecular formula is C22H22N6. The molecule has 5 rings (SSSR count). The molecule has 1 aromatic carbocycles. The first-order chi connectivity index (χ1) is 13.9. The number of fused-ring (bicyclic) bond motifs is 1. The van der Waals surface area contributed by atoms with E-state index in [4.69, 9.17) is 0 Å². The van der Waals surface area contributed by atoms with Crippen LogP contribution in [0.2, 0.25) is 0 Å². The first-order valence-corrected chi connectivity index (χ1v) is 9.69. The minimum absolute atomic E-state index is 0.314. The average Bonchev–Trinajstić information content (AvgIpc) is 3.43. The van der Waals surface area contributed by atoms with Crippen molar-refractivity contribution in [2.45, 2.75) is 31.8 Å². The van der Waals surface area contributed by atoms with Crippen molar-refractivity contribution in [3.8, 4) is 11.5 Å². The molecule has 0 saturated carbocycles. The van der Waals surface area contributed by atoms with Crippen molar-refractivity contribution in [1.82, 2.24) is 29.9 Å². The Balaban J connectivity index is 1.34. The summed E-state index contributed by atoms with van der Waals surface area (Å²) in [6.45, 7) is 0.813. The molecule has 1 aliphatic rings. The Morgan fingerprint density at radius 2 is 2.04 bits per heavy atom. The Hall–Kier alpha value is -3.25. The van der Waals surface area contributed by atoms with Gasteiger partial charge in [-0.15, -0.1) is 0 Å². The molecule has 1 aliphatic carbocycles. The minimum atomic E-state index is 0.314. The molecule has 0 spiro atoms. The van der Waals surface area contributed by atoms with Crippen LogP contribution in [-0.4, -0.2) is 24.5 Å². The summed E-state index contributed by atoms with van der Waals surface area (Å²) in [6, 6.07) is 16.7. The SMILES string of the molecule is c1ccc(-n2ncc3c2CCCC3NCc2cccc(-n3cccn3)c2)nc1. The number of nitrogens with zero attached hydrogens (tertiary/aromatic N) is 5. The molecule has 6 heteroatoms. The molecule has 1 unspecified atom stereocenters. The fourth-order valence-electron chi connectivity index (χ4n) is 3.92. The smallest absolute Gasteiger partial charge is 0.153 e. The highest BCUT2D eigenvalue weighted by Crippen LogP contribution is 2.31. The first kappa shape index (κ1) is 16.9. The maximum Gasteiger partial charge on any atom is 0.153 e. The van der Waals surface area contributed by atoms with Gasteiger partial charge in [-0.2, -0.15) is 10.2 Å². The van der Waals surface area contributed by atoms with Gasteiger partial charge in [0.1, 0.15) is 0 Å². The summed E-state index contributed by atoms with van der Waals surface area (Å²) in [7, 11) is 0. The van der Waals surface area contributed by atoms with Crippen LogP contribution in [0, 0.1) is 0 Å². The van der Waals surface area contributed by atoms with Gasteiger partial charge in [-0.05, 0) is 55.2 Å². The Morgan fingerprint density at radius 1 is 1.04 bits per heavy atom. The van der Waals surface area contributed by atoms with E-state index in [1.54, 1.807) is 6.20 Å². The van der Waals surface area contributed by atoms with Crippen LogP contribution in [0.4, 0.5) is 0 Å². The van der Waals surface area contributed by atoms with Gasteiger partial charge in [0, 0.05) is 36.7 Å². The van der Waals surface area contributed by atoms with Gasteiger partial charge < -0.3 is 5.32 Å². The van der Waals surface area contributed by atoms with Crippen molar-refractivity contribution >= 4 is 0 Å². The van der Waals surface area contributed by atoms with Gasteiger partial charge in [0.15, 0.2) is 5.82 Å². The maximum atomic E-state index is 4.62. The molecule has 140 valence electrons. The lowest BCUT2D eigenvalue weighted by atomic mass is 9.92. The van der Waals surface area contributed by atoms with Gasteiger partial charge >= 0.3 is 0 Å². The topological polar surface area (TPSA) is 60.6 Å². The second-order valence-electron chi connectivity index (χ2n) is 7.09. The highest BCUT2D eigenvalue weighted by molar-refractivity contribution is 5.36. The van der Waals surface area contributed by atoms with Crippen LogP contribution < -0.4 is 5.32 Å². The van der Waals surface area contributed by atoms with E-state index in [9.17, 15) is 0 Å². The molecule has 4 aromatic rings. The van der Waals surface area contributed by atoms with Gasteiger partial charge in [0.2, 0.25) is 0 Å². The zero-order valence-corrected chi connectivity index (χ0v) is 15.6. The minimum Gasteiger partial charge on any atom is -0.306 e. The predicted molar refractivity (Wildman–Crippen MR) is 107 cm³/mol. The normalized spacial score (nSPS) is 16.1. The van der Waals surface area contributed by atoms with Crippen LogP contribution in [0.3, 0.4) is 0 Å². The standard InChI is InChI=1S/C22H22N6/c1-2-11-23-22(10-1)28-21-9-4-8-20(19(21)16-26-28)24-15-17-6-3-7-18(14-17)27-13-5-12-25-27/h1-3,5-7,10-14,16,20,24H,4,8-9,15H2. The van der Waals surface area contributed by atoms with E-state index in [1.165, 1.54) is 16.8 Å². The van der Waals surface area contributed by atoms with Crippen molar-refractivity contribution in [2.24, 2.45) is 0 Å². The Labute approximate surface area is 163 Å². The largest absolute Gasteiger partial charge is 0.306 e. The van der Waals surface area contributed by atoms with Crippen LogP contribution in [0.5, 0.6) is 0 Å². The van der Waals surface area contributed by atoms with Gasteiger partial charge in [0.05, 0.1) is 17.6 Å². The molecule has 1 atom stereocenters. The van der Waals surface area contributed by atoms with E-state index in [-0.39, 0.29) is 0 Å². The number of nitrogens with one attached hydrogen (secondary N) is 1. The average molecular weight is 370 g/mol. The Kier molecular flexibility index (Phi) is 4.47. The fourth-order valence-corrected chi connectivity index (χ4v) is 3.92. The Bertz CT molecular complexity index is 1050. The number of hydrogen-bond donors (Lipinski definition) is 1. The molecule has 28 heavy (non-hydrogen) atoms. The lowest BCUT2D eigenvalue weighted by Crippen LogP contribution is -2.25. The lowest BCUT2D eigenvalue weighted by Gasteiger charge is -2.24. The molecule has 1 N–H and O–H groups in total. The van der Waals surface area contributed by atoms with Crippen LogP contribution in [-0.2, 0) is 13.0 Å². The highest BCUT2D eigenvalue weighted by Gasteiger charge is 2.24. The zero-order chi connectivity index (χ0) is 18.8. The molecule has 6 nitrogen and oxygen atoms in total. The zero-order valence-electron chi connectivity index (χ0n) is 15.6. The van der Waals surface area contributed by atoms with E-state index in [0.717, 1.165) is 37.3 Å². The monoisotopic (exact) mass is 370 g/mol. The second-order valence-corrected chi connectivity index (χ2v) is 7.09. The van der Waals surface area contributed by atoms with Crippen LogP contribution >= 0.6 is 0 Å². The third kappa shape index (κ3) is 3.23. The maximum absolute atomic E-state index is 4.62. The fraction of sp³-hybridized carbons (Fsp3) is 0.227. The van der Waals surface area contributed by atoms with E-state index in [2.05, 4.69) is 44.8 Å². The summed E-state index contributed by atoms with van der Waals surface area (Å²) in [4.78, 5) is 4.45. The number of pyridine rings is 1. The molecular weight excluding hydrogens is 348 g/mol. The number of benzene rings is 1. The quantitative estimate of drug-likeness (QED) is 0.583. The molecule has 0 saturated heterocycles. The molecule has 0 aliphatic heterocycles. The van der Waals surface area contributed by atoms with Crippen molar-refractivity contribution in [3.05, 3.63) is 90.1 Å². The predicted octanol–water partition coefficient (Wildman–Crippen LogP) is 3.62. The summed E-state index contributed by atoms with van der Waals surface area (Å²) in [6.07, 6.45) is 10.9. The van der Waals surface area contributed by atoms with E-state index in [0.29, 0.717) is 6.04 Å². The molecule has 0 fully saturated rings. The number of aromatic nitrogens is 5. The van der Waals surface area contributed by atoms with E-state index >= 15 is 0 Å². The third-order valence-electron chi connectivity index (χ3n) is 5.28. The summed E-state index contributed by atoms with van der Waals surface area (Å²) < 4.78 is 3.88. The summed E-state index contributed by atoms with van der Waals surface area (Å²) in [5.41, 5.74) is 4.89. The van der Waals surface area contributed by atoms with Crippen molar-refractivity contribution in [2.75, 3.05) is 0 Å². The number of rotatable bonds is 5. The molecule has 0 amide bonds. The first-order valence-electron chi connectivity index (χ1n) is 9.69. The molecule has 3 aromatic heterocycles. The van der Waals surface area contributed by atoms with Crippen LogP contribution in [0.25, 0.3) is 11.5 Å². The molecule has 0 bridgehead atoms. The third-order valence-corrected chi connectivity index (χ3v) is 5.28. The summed E-state index contributed by atoms with van der Waals surface area (Å²) in [5.74, 6) is 0.885.